The molecule has 0 spiro atoms. The van der Waals surface area contributed by atoms with Crippen LogP contribution in [0.3, 0.4) is 0 Å². The van der Waals surface area contributed by atoms with Gasteiger partial charge in [0, 0.05) is 11.6 Å². The van der Waals surface area contributed by atoms with Crippen LogP contribution in [-0.2, 0) is 10.2 Å². The van der Waals surface area contributed by atoms with Gasteiger partial charge in [-0.2, -0.15) is 0 Å². The topological polar surface area (TPSA) is 52.1 Å². The zero-order valence-electron chi connectivity index (χ0n) is 9.87. The van der Waals surface area contributed by atoms with Crippen molar-refractivity contribution in [3.05, 3.63) is 22.7 Å². The number of halogens is 1. The highest BCUT2D eigenvalue weighted by molar-refractivity contribution is 6.28. The summed E-state index contributed by atoms with van der Waals surface area (Å²) in [7, 11) is 0. The molecule has 0 unspecified atom stereocenters. The molecule has 1 aromatic rings. The lowest BCUT2D eigenvalue weighted by atomic mass is 9.89. The summed E-state index contributed by atoms with van der Waals surface area (Å²) in [6.45, 7) is 7.94. The Labute approximate surface area is 100 Å². The first-order valence-corrected chi connectivity index (χ1v) is 5.44. The Morgan fingerprint density at radius 3 is 2.62 bits per heavy atom. The van der Waals surface area contributed by atoms with Crippen LogP contribution < -0.4 is 0 Å². The highest BCUT2D eigenvalue weighted by atomic mass is 35.5. The van der Waals surface area contributed by atoms with Crippen molar-refractivity contribution in [2.24, 2.45) is 0 Å². The minimum Gasteiger partial charge on any atom is -0.462 e. The summed E-state index contributed by atoms with van der Waals surface area (Å²) in [5, 5.41) is 0.137. The third-order valence-corrected chi connectivity index (χ3v) is 2.15. The summed E-state index contributed by atoms with van der Waals surface area (Å²) in [6.07, 6.45) is 1.41. The van der Waals surface area contributed by atoms with E-state index >= 15 is 0 Å². The number of carbonyl (C=O) groups is 1. The van der Waals surface area contributed by atoms with E-state index in [1.807, 2.05) is 20.8 Å². The maximum atomic E-state index is 11.7. The van der Waals surface area contributed by atoms with Crippen molar-refractivity contribution >= 4 is 17.6 Å². The number of carbonyl (C=O) groups excluding carboxylic acids is 1. The van der Waals surface area contributed by atoms with Gasteiger partial charge in [0.05, 0.1) is 12.3 Å². The summed E-state index contributed by atoms with van der Waals surface area (Å²) in [5.74, 6) is -0.413. The monoisotopic (exact) mass is 242 g/mol. The Bertz CT molecular complexity index is 399. The van der Waals surface area contributed by atoms with Crippen molar-refractivity contribution in [3.63, 3.8) is 0 Å². The predicted molar refractivity (Wildman–Crippen MR) is 61.7 cm³/mol. The fourth-order valence-corrected chi connectivity index (χ4v) is 1.42. The average molecular weight is 243 g/mol. The minimum atomic E-state index is -0.413. The van der Waals surface area contributed by atoms with Gasteiger partial charge in [-0.05, 0) is 18.5 Å². The molecule has 0 N–H and O–H groups in total. The third-order valence-electron chi connectivity index (χ3n) is 1.97. The van der Waals surface area contributed by atoms with Gasteiger partial charge in [-0.25, -0.2) is 14.8 Å². The summed E-state index contributed by atoms with van der Waals surface area (Å²) in [5.41, 5.74) is 0.694. The van der Waals surface area contributed by atoms with E-state index in [2.05, 4.69) is 9.97 Å². The highest BCUT2D eigenvalue weighted by Gasteiger charge is 2.25. The van der Waals surface area contributed by atoms with Crippen LogP contribution in [0.2, 0.25) is 5.28 Å². The number of rotatable bonds is 2. The quantitative estimate of drug-likeness (QED) is 0.591. The molecule has 1 aromatic heterocycles. The number of ether oxygens (including phenoxy) is 1. The number of nitrogens with zero attached hydrogens (tertiary/aromatic N) is 2. The fraction of sp³-hybridized carbons (Fsp3) is 0.545. The van der Waals surface area contributed by atoms with Gasteiger partial charge >= 0.3 is 5.97 Å². The largest absolute Gasteiger partial charge is 0.462 e. The number of aromatic nitrogens is 2. The van der Waals surface area contributed by atoms with Gasteiger partial charge in [-0.3, -0.25) is 0 Å². The molecule has 1 heterocycles. The van der Waals surface area contributed by atoms with E-state index in [0.717, 1.165) is 0 Å². The maximum Gasteiger partial charge on any atom is 0.341 e. The molecular formula is C11H15ClN2O2. The first-order valence-electron chi connectivity index (χ1n) is 5.06. The summed E-state index contributed by atoms with van der Waals surface area (Å²) >= 11 is 5.73. The van der Waals surface area contributed by atoms with Gasteiger partial charge in [0.25, 0.3) is 0 Å². The lowest BCUT2D eigenvalue weighted by molar-refractivity contribution is 0.0522. The van der Waals surface area contributed by atoms with E-state index in [9.17, 15) is 4.79 Å². The molecule has 0 radical (unpaired) electrons. The smallest absolute Gasteiger partial charge is 0.341 e. The number of esters is 1. The Kier molecular flexibility index (Phi) is 3.86. The Morgan fingerprint density at radius 1 is 1.50 bits per heavy atom. The van der Waals surface area contributed by atoms with Crippen molar-refractivity contribution < 1.29 is 9.53 Å². The molecule has 16 heavy (non-hydrogen) atoms. The van der Waals surface area contributed by atoms with Crippen LogP contribution in [0.1, 0.15) is 43.7 Å². The van der Waals surface area contributed by atoms with E-state index in [1.165, 1.54) is 6.20 Å². The van der Waals surface area contributed by atoms with Crippen molar-refractivity contribution in [1.82, 2.24) is 9.97 Å². The third kappa shape index (κ3) is 2.92. The Hall–Kier alpha value is -1.16. The van der Waals surface area contributed by atoms with Crippen LogP contribution in [0.4, 0.5) is 0 Å². The molecule has 5 heteroatoms. The SMILES string of the molecule is CCOC(=O)c1cnc(Cl)nc1C(C)(C)C. The molecular weight excluding hydrogens is 228 g/mol. The van der Waals surface area contributed by atoms with Crippen LogP contribution in [-0.4, -0.2) is 22.5 Å². The van der Waals surface area contributed by atoms with Gasteiger partial charge in [0.1, 0.15) is 5.56 Å². The Morgan fingerprint density at radius 2 is 2.12 bits per heavy atom. The summed E-state index contributed by atoms with van der Waals surface area (Å²) in [6, 6.07) is 0. The van der Waals surface area contributed by atoms with Crippen molar-refractivity contribution in [1.29, 1.82) is 0 Å². The second-order valence-corrected chi connectivity index (χ2v) is 4.71. The fourth-order valence-electron chi connectivity index (χ4n) is 1.29. The zero-order chi connectivity index (χ0) is 12.3. The molecule has 0 fully saturated rings. The van der Waals surface area contributed by atoms with E-state index in [4.69, 9.17) is 16.3 Å². The second-order valence-electron chi connectivity index (χ2n) is 4.37. The first kappa shape index (κ1) is 12.9. The van der Waals surface area contributed by atoms with Crippen LogP contribution >= 0.6 is 11.6 Å². The normalized spacial score (nSPS) is 11.3. The van der Waals surface area contributed by atoms with E-state index in [1.54, 1.807) is 6.92 Å². The average Bonchev–Trinajstić information content (AvgIpc) is 2.16. The predicted octanol–water partition coefficient (Wildman–Crippen LogP) is 2.60. The molecule has 0 saturated heterocycles. The first-order chi connectivity index (χ1) is 7.36. The minimum absolute atomic E-state index is 0.137. The molecule has 0 aromatic carbocycles. The van der Waals surface area contributed by atoms with Crippen molar-refractivity contribution in [3.8, 4) is 0 Å². The molecule has 0 bridgehead atoms. The van der Waals surface area contributed by atoms with Crippen molar-refractivity contribution in [2.75, 3.05) is 6.61 Å². The zero-order valence-corrected chi connectivity index (χ0v) is 10.6. The van der Waals surface area contributed by atoms with Crippen LogP contribution in [0.5, 0.6) is 0 Å². The van der Waals surface area contributed by atoms with Gasteiger partial charge < -0.3 is 4.74 Å². The van der Waals surface area contributed by atoms with Crippen LogP contribution in [0.15, 0.2) is 6.20 Å². The highest BCUT2D eigenvalue weighted by Crippen LogP contribution is 2.25. The van der Waals surface area contributed by atoms with Crippen LogP contribution in [0.25, 0.3) is 0 Å². The van der Waals surface area contributed by atoms with E-state index in [-0.39, 0.29) is 10.7 Å². The Balaban J connectivity index is 3.23. The van der Waals surface area contributed by atoms with Gasteiger partial charge in [0.15, 0.2) is 0 Å². The van der Waals surface area contributed by atoms with Crippen LogP contribution in [0, 0.1) is 0 Å². The molecule has 0 aliphatic rings. The van der Waals surface area contributed by atoms with E-state index < -0.39 is 5.97 Å². The van der Waals surface area contributed by atoms with E-state index in [0.29, 0.717) is 17.9 Å². The summed E-state index contributed by atoms with van der Waals surface area (Å²) < 4.78 is 4.94. The molecule has 88 valence electrons. The molecule has 0 amide bonds. The number of hydrogen-bond donors (Lipinski definition) is 0. The lowest BCUT2D eigenvalue weighted by Gasteiger charge is -2.20. The molecule has 1 rings (SSSR count). The molecule has 0 saturated carbocycles. The molecule has 4 nitrogen and oxygen atoms in total. The van der Waals surface area contributed by atoms with Crippen molar-refractivity contribution in [2.45, 2.75) is 33.1 Å². The summed E-state index contributed by atoms with van der Waals surface area (Å²) in [4.78, 5) is 19.6. The standard InChI is InChI=1S/C11H15ClN2O2/c1-5-16-9(15)7-6-13-10(12)14-8(7)11(2,3)4/h6H,5H2,1-4H3. The van der Waals surface area contributed by atoms with Gasteiger partial charge in [-0.1, -0.05) is 20.8 Å². The molecule has 0 atom stereocenters. The van der Waals surface area contributed by atoms with Gasteiger partial charge in [0.2, 0.25) is 5.28 Å². The lowest BCUT2D eigenvalue weighted by Crippen LogP contribution is -2.21. The maximum absolute atomic E-state index is 11.7. The second kappa shape index (κ2) is 4.78. The number of hydrogen-bond acceptors (Lipinski definition) is 4. The van der Waals surface area contributed by atoms with Gasteiger partial charge in [-0.15, -0.1) is 0 Å². The molecule has 0 aliphatic heterocycles. The molecule has 0 aliphatic carbocycles.